The van der Waals surface area contributed by atoms with Crippen molar-refractivity contribution in [2.75, 3.05) is 29.9 Å². The highest BCUT2D eigenvalue weighted by atomic mass is 79.9. The van der Waals surface area contributed by atoms with Gasteiger partial charge in [0.05, 0.1) is 12.2 Å². The second kappa shape index (κ2) is 5.63. The first-order valence-corrected chi connectivity index (χ1v) is 7.72. The fraction of sp³-hybridized carbons (Fsp3) is 0.692. The Morgan fingerprint density at radius 2 is 2.11 bits per heavy atom. The third-order valence-electron chi connectivity index (χ3n) is 3.66. The number of nitrogens with zero attached hydrogens (tertiary/aromatic N) is 3. The number of hydrogen-bond donors (Lipinski definition) is 1. The van der Waals surface area contributed by atoms with Gasteiger partial charge in [0.2, 0.25) is 0 Å². The molecule has 3 rings (SSSR count). The molecule has 0 spiro atoms. The quantitative estimate of drug-likeness (QED) is 0.920. The third-order valence-corrected chi connectivity index (χ3v) is 4.39. The zero-order chi connectivity index (χ0) is 13.2. The Balaban J connectivity index is 1.80. The zero-order valence-corrected chi connectivity index (χ0v) is 12.7. The van der Waals surface area contributed by atoms with Gasteiger partial charge in [0.15, 0.2) is 0 Å². The number of fused-ring (bicyclic) bond motifs is 2. The Bertz CT molecular complexity index is 444. The number of ether oxygens (including phenoxy) is 1. The van der Waals surface area contributed by atoms with Crippen LogP contribution in [0.1, 0.15) is 26.2 Å². The number of hydrogen-bond acceptors (Lipinski definition) is 5. The smallest absolute Gasteiger partial charge is 0.148 e. The summed E-state index contributed by atoms with van der Waals surface area (Å²) in [7, 11) is 0. The number of anilines is 2. The Hall–Kier alpha value is -0.880. The fourth-order valence-corrected chi connectivity index (χ4v) is 3.33. The molecule has 2 aliphatic rings. The van der Waals surface area contributed by atoms with E-state index in [1.165, 1.54) is 12.8 Å². The highest BCUT2D eigenvalue weighted by molar-refractivity contribution is 9.10. The third kappa shape index (κ3) is 2.69. The molecule has 1 aromatic rings. The van der Waals surface area contributed by atoms with Gasteiger partial charge in [-0.05, 0) is 35.2 Å². The van der Waals surface area contributed by atoms with Gasteiger partial charge in [-0.1, -0.05) is 6.92 Å². The van der Waals surface area contributed by atoms with E-state index in [1.54, 1.807) is 6.33 Å². The first kappa shape index (κ1) is 13.1. The highest BCUT2D eigenvalue weighted by Gasteiger charge is 2.35. The van der Waals surface area contributed by atoms with Crippen molar-refractivity contribution in [2.24, 2.45) is 0 Å². The van der Waals surface area contributed by atoms with Crippen molar-refractivity contribution in [1.29, 1.82) is 0 Å². The molecule has 2 bridgehead atoms. The second-order valence-electron chi connectivity index (χ2n) is 5.15. The van der Waals surface area contributed by atoms with Gasteiger partial charge in [-0.15, -0.1) is 0 Å². The van der Waals surface area contributed by atoms with Crippen LogP contribution in [0, 0.1) is 0 Å². The summed E-state index contributed by atoms with van der Waals surface area (Å²) < 4.78 is 6.83. The van der Waals surface area contributed by atoms with Gasteiger partial charge < -0.3 is 15.0 Å². The average Bonchev–Trinajstić information content (AvgIpc) is 2.76. The molecule has 2 atom stereocenters. The van der Waals surface area contributed by atoms with Crippen molar-refractivity contribution in [3.63, 3.8) is 0 Å². The molecular weight excluding hydrogens is 308 g/mol. The summed E-state index contributed by atoms with van der Waals surface area (Å²) in [5.41, 5.74) is 0. The van der Waals surface area contributed by atoms with Crippen LogP contribution in [0.4, 0.5) is 11.6 Å². The van der Waals surface area contributed by atoms with Crippen LogP contribution in [-0.4, -0.2) is 41.8 Å². The predicted molar refractivity (Wildman–Crippen MR) is 78.6 cm³/mol. The number of morpholine rings is 1. The molecule has 1 aromatic heterocycles. The number of rotatable bonds is 4. The van der Waals surface area contributed by atoms with Gasteiger partial charge in [-0.3, -0.25) is 0 Å². The van der Waals surface area contributed by atoms with Crippen molar-refractivity contribution in [3.05, 3.63) is 10.8 Å². The van der Waals surface area contributed by atoms with E-state index in [9.17, 15) is 0 Å². The lowest BCUT2D eigenvalue weighted by Gasteiger charge is -2.33. The van der Waals surface area contributed by atoms with E-state index in [0.717, 1.165) is 42.2 Å². The van der Waals surface area contributed by atoms with Gasteiger partial charge >= 0.3 is 0 Å². The molecule has 104 valence electrons. The minimum absolute atomic E-state index is 0.368. The summed E-state index contributed by atoms with van der Waals surface area (Å²) in [4.78, 5) is 11.1. The Morgan fingerprint density at radius 1 is 1.37 bits per heavy atom. The van der Waals surface area contributed by atoms with E-state index >= 15 is 0 Å². The lowest BCUT2D eigenvalue weighted by Crippen LogP contribution is -2.43. The van der Waals surface area contributed by atoms with Crippen molar-refractivity contribution in [2.45, 2.75) is 38.4 Å². The van der Waals surface area contributed by atoms with Crippen LogP contribution in [0.25, 0.3) is 0 Å². The molecule has 19 heavy (non-hydrogen) atoms. The predicted octanol–water partition coefficient (Wildman–Crippen LogP) is 2.43. The van der Waals surface area contributed by atoms with E-state index in [2.05, 4.69) is 43.0 Å². The topological polar surface area (TPSA) is 50.3 Å². The van der Waals surface area contributed by atoms with Crippen LogP contribution < -0.4 is 10.2 Å². The van der Waals surface area contributed by atoms with Crippen LogP contribution in [0.5, 0.6) is 0 Å². The molecule has 6 heteroatoms. The van der Waals surface area contributed by atoms with Gasteiger partial charge in [-0.2, -0.15) is 0 Å². The van der Waals surface area contributed by atoms with Crippen LogP contribution in [0.15, 0.2) is 10.8 Å². The molecule has 0 amide bonds. The maximum Gasteiger partial charge on any atom is 0.148 e. The summed E-state index contributed by atoms with van der Waals surface area (Å²) in [6.45, 7) is 4.92. The molecule has 1 N–H and O–H groups in total. The monoisotopic (exact) mass is 326 g/mol. The Kier molecular flexibility index (Phi) is 3.88. The highest BCUT2D eigenvalue weighted by Crippen LogP contribution is 2.34. The number of aromatic nitrogens is 2. The van der Waals surface area contributed by atoms with Gasteiger partial charge in [-0.25, -0.2) is 9.97 Å². The number of nitrogens with one attached hydrogen (secondary N) is 1. The molecule has 2 unspecified atom stereocenters. The fourth-order valence-electron chi connectivity index (χ4n) is 2.74. The normalized spacial score (nSPS) is 25.7. The van der Waals surface area contributed by atoms with E-state index in [4.69, 9.17) is 4.74 Å². The van der Waals surface area contributed by atoms with Crippen molar-refractivity contribution >= 4 is 27.6 Å². The van der Waals surface area contributed by atoms with Crippen molar-refractivity contribution in [1.82, 2.24) is 9.97 Å². The van der Waals surface area contributed by atoms with Gasteiger partial charge in [0.1, 0.15) is 22.4 Å². The van der Waals surface area contributed by atoms with E-state index in [1.807, 2.05) is 0 Å². The maximum atomic E-state index is 5.87. The summed E-state index contributed by atoms with van der Waals surface area (Å²) >= 11 is 3.64. The molecule has 2 saturated heterocycles. The minimum Gasteiger partial charge on any atom is -0.371 e. The molecule has 2 fully saturated rings. The van der Waals surface area contributed by atoms with Crippen LogP contribution in [-0.2, 0) is 4.74 Å². The Morgan fingerprint density at radius 3 is 2.79 bits per heavy atom. The van der Waals surface area contributed by atoms with Gasteiger partial charge in [0, 0.05) is 19.6 Å². The molecule has 5 nitrogen and oxygen atoms in total. The first-order valence-electron chi connectivity index (χ1n) is 6.92. The van der Waals surface area contributed by atoms with Crippen molar-refractivity contribution < 1.29 is 4.74 Å². The summed E-state index contributed by atoms with van der Waals surface area (Å²) in [6, 6.07) is 0. The van der Waals surface area contributed by atoms with Crippen molar-refractivity contribution in [3.8, 4) is 0 Å². The number of halogens is 1. The summed E-state index contributed by atoms with van der Waals surface area (Å²) in [5.74, 6) is 1.86. The molecule has 2 aliphatic heterocycles. The molecule has 3 heterocycles. The molecule has 0 aliphatic carbocycles. The lowest BCUT2D eigenvalue weighted by atomic mass is 10.2. The van der Waals surface area contributed by atoms with E-state index < -0.39 is 0 Å². The maximum absolute atomic E-state index is 5.87. The first-order chi connectivity index (χ1) is 9.28. The summed E-state index contributed by atoms with van der Waals surface area (Å²) in [6.07, 6.45) is 5.79. The van der Waals surface area contributed by atoms with Crippen LogP contribution >= 0.6 is 15.9 Å². The standard InChI is InChI=1S/C13H19BrN4O/c1-2-5-15-12-11(14)13(17-8-16-12)18-6-9-3-4-10(7-18)19-9/h8-10H,2-7H2,1H3,(H,15,16,17). The molecular formula is C13H19BrN4O. The minimum atomic E-state index is 0.368. The summed E-state index contributed by atoms with van der Waals surface area (Å²) in [5, 5.41) is 3.32. The van der Waals surface area contributed by atoms with Crippen LogP contribution in [0.2, 0.25) is 0 Å². The molecule has 0 radical (unpaired) electrons. The SMILES string of the molecule is CCCNc1ncnc(N2CC3CCC(C2)O3)c1Br. The largest absolute Gasteiger partial charge is 0.371 e. The zero-order valence-electron chi connectivity index (χ0n) is 11.1. The Labute approximate surface area is 121 Å². The van der Waals surface area contributed by atoms with E-state index in [0.29, 0.717) is 12.2 Å². The lowest BCUT2D eigenvalue weighted by molar-refractivity contribution is 0.0302. The molecule has 0 saturated carbocycles. The van der Waals surface area contributed by atoms with Crippen LogP contribution in [0.3, 0.4) is 0 Å². The van der Waals surface area contributed by atoms with E-state index in [-0.39, 0.29) is 0 Å². The molecule has 0 aromatic carbocycles. The average molecular weight is 327 g/mol. The van der Waals surface area contributed by atoms with Gasteiger partial charge in [0.25, 0.3) is 0 Å². The second-order valence-corrected chi connectivity index (χ2v) is 5.94.